The Morgan fingerprint density at radius 2 is 2.12 bits per heavy atom. The van der Waals surface area contributed by atoms with Gasteiger partial charge in [-0.25, -0.2) is 8.42 Å². The monoisotopic (exact) mass is 139 g/mol. The average Bonchev–Trinajstić information content (AvgIpc) is 1.21. The van der Waals surface area contributed by atoms with Gasteiger partial charge in [-0.3, -0.25) is 0 Å². The number of rotatable bonds is 2. The number of hydrogen-bond donors (Lipinski definition) is 2. The van der Waals surface area contributed by atoms with Gasteiger partial charge in [-0.15, -0.1) is 0 Å². The average molecular weight is 139 g/mol. The largest absolute Gasteiger partial charge is 0.378 e. The minimum Gasteiger partial charge on any atom is -0.378 e. The molecule has 4 nitrogen and oxygen atoms in total. The summed E-state index contributed by atoms with van der Waals surface area (Å²) in [6.07, 6.45) is -0.228. The first-order valence-corrected chi connectivity index (χ1v) is 4.09. The van der Waals surface area contributed by atoms with Crippen LogP contribution in [0.1, 0.15) is 0 Å². The number of aliphatic hydroxyl groups is 1. The molecule has 0 spiro atoms. The van der Waals surface area contributed by atoms with Gasteiger partial charge in [0.1, 0.15) is 6.23 Å². The second-order valence-corrected chi connectivity index (χ2v) is 3.84. The Morgan fingerprint density at radius 3 is 2.12 bits per heavy atom. The number of nitrogens with two attached hydrogens (primary N) is 1. The molecular formula is C3H9NO3S. The molecule has 0 amide bonds. The van der Waals surface area contributed by atoms with Crippen LogP contribution in [-0.4, -0.2) is 31.8 Å². The normalized spacial score (nSPS) is 15.9. The van der Waals surface area contributed by atoms with E-state index in [0.717, 1.165) is 6.26 Å². The lowest BCUT2D eigenvalue weighted by Gasteiger charge is -1.98. The summed E-state index contributed by atoms with van der Waals surface area (Å²) in [5, 5.41) is 8.29. The highest BCUT2D eigenvalue weighted by atomic mass is 32.2. The predicted octanol–water partition coefficient (Wildman–Crippen LogP) is -1.69. The number of sulfone groups is 1. The zero-order valence-corrected chi connectivity index (χ0v) is 5.35. The van der Waals surface area contributed by atoms with Crippen LogP contribution in [-0.2, 0) is 9.84 Å². The lowest BCUT2D eigenvalue weighted by atomic mass is 10.7. The second-order valence-electron chi connectivity index (χ2n) is 1.66. The van der Waals surface area contributed by atoms with Crippen LogP contribution < -0.4 is 5.73 Å². The summed E-state index contributed by atoms with van der Waals surface area (Å²) in [5.74, 6) is -0.368. The van der Waals surface area contributed by atoms with Gasteiger partial charge in [0.15, 0.2) is 9.84 Å². The SMILES string of the molecule is CS(=O)(=O)CC(N)O. The Morgan fingerprint density at radius 1 is 1.75 bits per heavy atom. The Hall–Kier alpha value is -0.130. The van der Waals surface area contributed by atoms with E-state index in [9.17, 15) is 8.42 Å². The van der Waals surface area contributed by atoms with Crippen molar-refractivity contribution in [3.05, 3.63) is 0 Å². The molecule has 1 unspecified atom stereocenters. The van der Waals surface area contributed by atoms with Crippen molar-refractivity contribution in [1.29, 1.82) is 0 Å². The van der Waals surface area contributed by atoms with Crippen molar-refractivity contribution in [3.8, 4) is 0 Å². The van der Waals surface area contributed by atoms with Gasteiger partial charge in [-0.1, -0.05) is 0 Å². The molecule has 0 aliphatic carbocycles. The van der Waals surface area contributed by atoms with Crippen molar-refractivity contribution < 1.29 is 13.5 Å². The molecule has 0 fully saturated rings. The van der Waals surface area contributed by atoms with E-state index in [2.05, 4.69) is 0 Å². The van der Waals surface area contributed by atoms with Crippen molar-refractivity contribution in [2.45, 2.75) is 6.23 Å². The van der Waals surface area contributed by atoms with Gasteiger partial charge in [0.05, 0.1) is 5.75 Å². The van der Waals surface area contributed by atoms with E-state index in [1.807, 2.05) is 0 Å². The molecule has 3 N–H and O–H groups in total. The van der Waals surface area contributed by atoms with Crippen LogP contribution in [0.25, 0.3) is 0 Å². The highest BCUT2D eigenvalue weighted by molar-refractivity contribution is 7.90. The molecule has 0 aromatic carbocycles. The Kier molecular flexibility index (Phi) is 2.39. The van der Waals surface area contributed by atoms with Gasteiger partial charge in [0, 0.05) is 6.26 Å². The molecule has 0 saturated carbocycles. The van der Waals surface area contributed by atoms with E-state index >= 15 is 0 Å². The molecule has 0 aromatic rings. The molecule has 5 heteroatoms. The lowest BCUT2D eigenvalue weighted by molar-refractivity contribution is 0.205. The molecule has 0 heterocycles. The molecule has 0 aliphatic heterocycles. The third-order valence-corrected chi connectivity index (χ3v) is 1.42. The van der Waals surface area contributed by atoms with Crippen LogP contribution in [0.4, 0.5) is 0 Å². The summed E-state index contributed by atoms with van der Waals surface area (Å²) in [5.41, 5.74) is 4.75. The van der Waals surface area contributed by atoms with E-state index in [1.165, 1.54) is 0 Å². The van der Waals surface area contributed by atoms with Crippen molar-refractivity contribution in [2.75, 3.05) is 12.0 Å². The van der Waals surface area contributed by atoms with Gasteiger partial charge >= 0.3 is 0 Å². The molecule has 0 radical (unpaired) electrons. The van der Waals surface area contributed by atoms with Gasteiger partial charge in [0.25, 0.3) is 0 Å². The quantitative estimate of drug-likeness (QED) is 0.447. The molecular weight excluding hydrogens is 130 g/mol. The number of hydrogen-bond acceptors (Lipinski definition) is 4. The fourth-order valence-corrected chi connectivity index (χ4v) is 0.931. The Labute approximate surface area is 48.2 Å². The molecule has 1 atom stereocenters. The second kappa shape index (κ2) is 2.43. The van der Waals surface area contributed by atoms with Gasteiger partial charge in [0.2, 0.25) is 0 Å². The molecule has 8 heavy (non-hydrogen) atoms. The summed E-state index contributed by atoms with van der Waals surface area (Å²) in [4.78, 5) is 0. The predicted molar refractivity (Wildman–Crippen MR) is 29.9 cm³/mol. The molecule has 50 valence electrons. The summed E-state index contributed by atoms with van der Waals surface area (Å²) < 4.78 is 20.4. The highest BCUT2D eigenvalue weighted by Crippen LogP contribution is 1.82. The lowest BCUT2D eigenvalue weighted by Crippen LogP contribution is -2.28. The topological polar surface area (TPSA) is 80.4 Å². The van der Waals surface area contributed by atoms with Crippen LogP contribution in [0.3, 0.4) is 0 Å². The van der Waals surface area contributed by atoms with Crippen molar-refractivity contribution in [2.24, 2.45) is 5.73 Å². The molecule has 0 aliphatic rings. The maximum Gasteiger partial charge on any atom is 0.151 e. The molecule has 0 saturated heterocycles. The maximum atomic E-state index is 10.2. The zero-order valence-electron chi connectivity index (χ0n) is 4.53. The smallest absolute Gasteiger partial charge is 0.151 e. The summed E-state index contributed by atoms with van der Waals surface area (Å²) >= 11 is 0. The van der Waals surface area contributed by atoms with Crippen LogP contribution in [0.15, 0.2) is 0 Å². The Balaban J connectivity index is 3.75. The number of aliphatic hydroxyl groups excluding tert-OH is 1. The van der Waals surface area contributed by atoms with Crippen LogP contribution in [0, 0.1) is 0 Å². The van der Waals surface area contributed by atoms with Crippen molar-refractivity contribution >= 4 is 9.84 Å². The van der Waals surface area contributed by atoms with E-state index in [4.69, 9.17) is 10.8 Å². The summed E-state index contributed by atoms with van der Waals surface area (Å²) in [6, 6.07) is 0. The fourth-order valence-electron chi connectivity index (χ4n) is 0.310. The minimum absolute atomic E-state index is 0.368. The third kappa shape index (κ3) is 5.87. The standard InChI is InChI=1S/C3H9NO3S/c1-8(6,7)2-3(4)5/h3,5H,2,4H2,1H3. The summed E-state index contributed by atoms with van der Waals surface area (Å²) in [7, 11) is -3.10. The van der Waals surface area contributed by atoms with E-state index < -0.39 is 16.1 Å². The first kappa shape index (κ1) is 7.87. The van der Waals surface area contributed by atoms with Gasteiger partial charge < -0.3 is 10.8 Å². The molecule has 0 aromatic heterocycles. The maximum absolute atomic E-state index is 10.2. The van der Waals surface area contributed by atoms with E-state index in [-0.39, 0.29) is 5.75 Å². The van der Waals surface area contributed by atoms with Gasteiger partial charge in [-0.2, -0.15) is 0 Å². The molecule has 0 rings (SSSR count). The van der Waals surface area contributed by atoms with Crippen LogP contribution >= 0.6 is 0 Å². The van der Waals surface area contributed by atoms with Crippen LogP contribution in [0.2, 0.25) is 0 Å². The first-order valence-electron chi connectivity index (χ1n) is 2.03. The zero-order chi connectivity index (χ0) is 6.78. The summed E-state index contributed by atoms with van der Waals surface area (Å²) in [6.45, 7) is 0. The third-order valence-electron chi connectivity index (χ3n) is 0.474. The Bertz CT molecular complexity index is 148. The molecule has 0 bridgehead atoms. The minimum atomic E-state index is -3.10. The fraction of sp³-hybridized carbons (Fsp3) is 1.00. The first-order chi connectivity index (χ1) is 3.42. The van der Waals surface area contributed by atoms with Crippen molar-refractivity contribution in [1.82, 2.24) is 0 Å². The van der Waals surface area contributed by atoms with Gasteiger partial charge in [-0.05, 0) is 0 Å². The van der Waals surface area contributed by atoms with E-state index in [1.54, 1.807) is 0 Å². The van der Waals surface area contributed by atoms with Crippen molar-refractivity contribution in [3.63, 3.8) is 0 Å². The van der Waals surface area contributed by atoms with E-state index in [0.29, 0.717) is 0 Å². The van der Waals surface area contributed by atoms with Crippen LogP contribution in [0.5, 0.6) is 0 Å². The highest BCUT2D eigenvalue weighted by Gasteiger charge is 2.05.